The number of nitrogens with one attached hydrogen (secondary N) is 1. The van der Waals surface area contributed by atoms with Gasteiger partial charge in [-0.25, -0.2) is 0 Å². The Bertz CT molecular complexity index is 559. The van der Waals surface area contributed by atoms with Crippen LogP contribution in [0.5, 0.6) is 5.75 Å². The summed E-state index contributed by atoms with van der Waals surface area (Å²) in [5.41, 5.74) is -0.645. The van der Waals surface area contributed by atoms with Gasteiger partial charge < -0.3 is 15.3 Å². The number of likely N-dealkylation sites (N-methyl/N-ethyl adjacent to an activating group) is 1. The lowest BCUT2D eigenvalue weighted by atomic mass is 10.1. The Balaban J connectivity index is 3.16. The molecule has 2 N–H and O–H groups in total. The summed E-state index contributed by atoms with van der Waals surface area (Å²) in [5.74, 6) is -1.29. The second-order valence-electron chi connectivity index (χ2n) is 4.36. The van der Waals surface area contributed by atoms with E-state index < -0.39 is 16.5 Å². The molecule has 0 aromatic heterocycles. The van der Waals surface area contributed by atoms with Gasteiger partial charge >= 0.3 is 0 Å². The Kier molecular flexibility index (Phi) is 5.65. The van der Waals surface area contributed by atoms with Gasteiger partial charge in [-0.1, -0.05) is 6.92 Å². The first-order chi connectivity index (χ1) is 9.90. The molecule has 0 bridgehead atoms. The molecule has 0 saturated carbocycles. The summed E-state index contributed by atoms with van der Waals surface area (Å²) in [6.45, 7) is 1.90. The van der Waals surface area contributed by atoms with Crippen LogP contribution in [-0.2, 0) is 4.79 Å². The molecule has 0 fully saturated rings. The van der Waals surface area contributed by atoms with Gasteiger partial charge in [-0.2, -0.15) is 0 Å². The Morgan fingerprint density at radius 1 is 1.43 bits per heavy atom. The van der Waals surface area contributed by atoms with E-state index in [1.807, 2.05) is 6.92 Å². The van der Waals surface area contributed by atoms with Gasteiger partial charge in [-0.05, 0) is 18.6 Å². The molecule has 0 aliphatic rings. The van der Waals surface area contributed by atoms with Crippen LogP contribution in [0.25, 0.3) is 0 Å². The van der Waals surface area contributed by atoms with Crippen LogP contribution in [0.2, 0.25) is 0 Å². The molecule has 0 aliphatic carbocycles. The van der Waals surface area contributed by atoms with E-state index in [4.69, 9.17) is 0 Å². The average molecular weight is 295 g/mol. The molecule has 1 aromatic rings. The fraction of sp³-hybridized carbons (Fsp3) is 0.385. The largest absolute Gasteiger partial charge is 0.508 e. The molecular formula is C13H17N3O5. The highest BCUT2D eigenvalue weighted by Gasteiger charge is 2.26. The second kappa shape index (κ2) is 7.22. The Hall–Kier alpha value is -2.64. The summed E-state index contributed by atoms with van der Waals surface area (Å²) in [6, 6.07) is 3.23. The number of aromatic hydroxyl groups is 1. The maximum Gasteiger partial charge on any atom is 0.282 e. The molecule has 0 aliphatic heterocycles. The fourth-order valence-electron chi connectivity index (χ4n) is 1.80. The summed E-state index contributed by atoms with van der Waals surface area (Å²) in [4.78, 5) is 35.3. The van der Waals surface area contributed by atoms with Crippen LogP contribution < -0.4 is 5.32 Å². The van der Waals surface area contributed by atoms with E-state index in [-0.39, 0.29) is 30.3 Å². The second-order valence-corrected chi connectivity index (χ2v) is 4.36. The zero-order chi connectivity index (χ0) is 16.0. The minimum atomic E-state index is -0.698. The monoisotopic (exact) mass is 295 g/mol. The number of hydrogen-bond donors (Lipinski definition) is 2. The molecule has 8 heteroatoms. The summed E-state index contributed by atoms with van der Waals surface area (Å²) in [5, 5.41) is 22.8. The summed E-state index contributed by atoms with van der Waals surface area (Å²) in [7, 11) is 1.44. The number of rotatable bonds is 6. The molecule has 21 heavy (non-hydrogen) atoms. The highest BCUT2D eigenvalue weighted by atomic mass is 16.6. The summed E-state index contributed by atoms with van der Waals surface area (Å²) in [6.07, 6.45) is 0.593. The van der Waals surface area contributed by atoms with E-state index in [1.165, 1.54) is 11.9 Å². The number of hydrogen-bond acceptors (Lipinski definition) is 5. The highest BCUT2D eigenvalue weighted by Crippen LogP contribution is 2.24. The first-order valence-corrected chi connectivity index (χ1v) is 6.38. The van der Waals surface area contributed by atoms with Crippen LogP contribution in [0.4, 0.5) is 5.69 Å². The average Bonchev–Trinajstić information content (AvgIpc) is 2.45. The minimum Gasteiger partial charge on any atom is -0.508 e. The molecule has 2 amide bonds. The number of amides is 2. The van der Waals surface area contributed by atoms with Crippen molar-refractivity contribution in [2.24, 2.45) is 0 Å². The molecule has 0 atom stereocenters. The van der Waals surface area contributed by atoms with Gasteiger partial charge in [0.15, 0.2) is 0 Å². The molecule has 114 valence electrons. The van der Waals surface area contributed by atoms with Crippen molar-refractivity contribution in [3.63, 3.8) is 0 Å². The Morgan fingerprint density at radius 2 is 2.10 bits per heavy atom. The third-order valence-corrected chi connectivity index (χ3v) is 2.80. The molecule has 0 spiro atoms. The molecule has 8 nitrogen and oxygen atoms in total. The first-order valence-electron chi connectivity index (χ1n) is 6.38. The predicted molar refractivity (Wildman–Crippen MR) is 75.0 cm³/mol. The minimum absolute atomic E-state index is 0.198. The predicted octanol–water partition coefficient (Wildman–Crippen LogP) is 0.899. The molecule has 0 heterocycles. The maximum absolute atomic E-state index is 12.4. The lowest BCUT2D eigenvalue weighted by molar-refractivity contribution is -0.385. The fourth-order valence-corrected chi connectivity index (χ4v) is 1.80. The van der Waals surface area contributed by atoms with E-state index in [9.17, 15) is 24.8 Å². The van der Waals surface area contributed by atoms with E-state index in [1.54, 1.807) is 0 Å². The van der Waals surface area contributed by atoms with Gasteiger partial charge in [0, 0.05) is 19.7 Å². The topological polar surface area (TPSA) is 113 Å². The number of carbonyl (C=O) groups is 2. The van der Waals surface area contributed by atoms with E-state index in [0.717, 1.165) is 18.2 Å². The third kappa shape index (κ3) is 4.16. The van der Waals surface area contributed by atoms with Crippen molar-refractivity contribution >= 4 is 17.5 Å². The van der Waals surface area contributed by atoms with Gasteiger partial charge in [0.05, 0.1) is 11.5 Å². The molecule has 1 aromatic carbocycles. The van der Waals surface area contributed by atoms with Crippen LogP contribution in [-0.4, -0.2) is 46.9 Å². The Labute approximate surface area is 121 Å². The van der Waals surface area contributed by atoms with Crippen LogP contribution >= 0.6 is 0 Å². The van der Waals surface area contributed by atoms with E-state index in [0.29, 0.717) is 6.42 Å². The smallest absolute Gasteiger partial charge is 0.282 e. The lowest BCUT2D eigenvalue weighted by Gasteiger charge is -2.21. The molecule has 0 radical (unpaired) electrons. The zero-order valence-corrected chi connectivity index (χ0v) is 11.8. The number of benzene rings is 1. The maximum atomic E-state index is 12.4. The Morgan fingerprint density at radius 3 is 2.62 bits per heavy atom. The van der Waals surface area contributed by atoms with Crippen LogP contribution in [0.3, 0.4) is 0 Å². The highest BCUT2D eigenvalue weighted by molar-refractivity contribution is 6.00. The van der Waals surface area contributed by atoms with Crippen molar-refractivity contribution in [2.45, 2.75) is 13.3 Å². The van der Waals surface area contributed by atoms with Crippen molar-refractivity contribution in [1.29, 1.82) is 0 Å². The van der Waals surface area contributed by atoms with Crippen LogP contribution in [0.15, 0.2) is 18.2 Å². The third-order valence-electron chi connectivity index (χ3n) is 2.80. The quantitative estimate of drug-likeness (QED) is 0.598. The molecular weight excluding hydrogens is 278 g/mol. The summed E-state index contributed by atoms with van der Waals surface area (Å²) < 4.78 is 0. The standard InChI is InChI=1S/C13H17N3O5/c1-3-6-15(8-12(18)14-2)13(19)10-7-9(17)4-5-11(10)16(20)21/h4-5,7,17H,3,6,8H2,1-2H3,(H,14,18). The van der Waals surface area contributed by atoms with Crippen molar-refractivity contribution in [1.82, 2.24) is 10.2 Å². The van der Waals surface area contributed by atoms with Crippen molar-refractivity contribution in [2.75, 3.05) is 20.1 Å². The van der Waals surface area contributed by atoms with Crippen molar-refractivity contribution < 1.29 is 19.6 Å². The number of phenols is 1. The van der Waals surface area contributed by atoms with E-state index >= 15 is 0 Å². The van der Waals surface area contributed by atoms with Gasteiger partial charge in [0.2, 0.25) is 5.91 Å². The normalized spacial score (nSPS) is 10.0. The molecule has 1 rings (SSSR count). The lowest BCUT2D eigenvalue weighted by Crippen LogP contribution is -2.40. The summed E-state index contributed by atoms with van der Waals surface area (Å²) >= 11 is 0. The number of carbonyl (C=O) groups excluding carboxylic acids is 2. The zero-order valence-electron chi connectivity index (χ0n) is 11.8. The SMILES string of the molecule is CCCN(CC(=O)NC)C(=O)c1cc(O)ccc1[N+](=O)[O-]. The number of nitro benzene ring substituents is 1. The molecule has 0 unspecified atom stereocenters. The van der Waals surface area contributed by atoms with Gasteiger partial charge in [-0.15, -0.1) is 0 Å². The van der Waals surface area contributed by atoms with Gasteiger partial charge in [0.1, 0.15) is 11.3 Å². The van der Waals surface area contributed by atoms with Crippen LogP contribution in [0, 0.1) is 10.1 Å². The van der Waals surface area contributed by atoms with Gasteiger partial charge in [0.25, 0.3) is 11.6 Å². The number of nitro groups is 1. The van der Waals surface area contributed by atoms with Crippen molar-refractivity contribution in [3.8, 4) is 5.75 Å². The van der Waals surface area contributed by atoms with Crippen molar-refractivity contribution in [3.05, 3.63) is 33.9 Å². The number of phenolic OH excluding ortho intramolecular Hbond substituents is 1. The van der Waals surface area contributed by atoms with E-state index in [2.05, 4.69) is 5.32 Å². The van der Waals surface area contributed by atoms with Gasteiger partial charge in [-0.3, -0.25) is 19.7 Å². The molecule has 0 saturated heterocycles. The van der Waals surface area contributed by atoms with Crippen LogP contribution in [0.1, 0.15) is 23.7 Å². The first kappa shape index (κ1) is 16.4. The number of nitrogens with zero attached hydrogens (tertiary/aromatic N) is 2.